The Morgan fingerprint density at radius 2 is 1.10 bits per heavy atom. The van der Waals surface area contributed by atoms with Gasteiger partial charge in [0.15, 0.2) is 0 Å². The third-order valence-electron chi connectivity index (χ3n) is 17.7. The summed E-state index contributed by atoms with van der Waals surface area (Å²) in [6.45, 7) is 13.8. The molecule has 1 aliphatic carbocycles. The molecule has 1 aromatic heterocycles. The lowest BCUT2D eigenvalue weighted by Gasteiger charge is -2.47. The molecule has 4 nitrogen and oxygen atoms in total. The van der Waals surface area contributed by atoms with Crippen LogP contribution in [-0.4, -0.2) is 31.1 Å². The molecule has 13 rings (SSSR count). The molecule has 364 valence electrons. The molecule has 4 heterocycles. The summed E-state index contributed by atoms with van der Waals surface area (Å²) in [5.41, 5.74) is 19.2. The van der Waals surface area contributed by atoms with Gasteiger partial charge in [0.2, 0.25) is 0 Å². The van der Waals surface area contributed by atoms with E-state index in [1.54, 1.807) is 0 Å². The largest absolute Gasteiger partial charge is 0.486 e. The minimum absolute atomic E-state index is 0.181. The second kappa shape index (κ2) is 16.3. The molecule has 0 bridgehead atoms. The molecule has 2 atom stereocenters. The van der Waals surface area contributed by atoms with Crippen LogP contribution < -0.4 is 31.1 Å². The van der Waals surface area contributed by atoms with Crippen LogP contribution in [-0.2, 0) is 16.2 Å². The SMILES string of the molecule is Cc1cc2c3c(c1)N(c1ccc(C(C)(C)c4ccccc4)cc1)c1c(oc4ccc(S(C)(C)C)cc14)B3c1cc3c(cc1N2c1ccc(C(C)(C)c2ccccc2)cc1)C1(c2ccccc2)CCCCC1(C)O3. The number of anilines is 6. The Hall–Kier alpha value is -6.89. The van der Waals surface area contributed by atoms with Gasteiger partial charge in [-0.2, -0.15) is 0 Å². The van der Waals surface area contributed by atoms with Crippen LogP contribution in [0, 0.1) is 6.92 Å². The van der Waals surface area contributed by atoms with E-state index in [9.17, 15) is 0 Å². The average molecular weight is 973 g/mol. The van der Waals surface area contributed by atoms with Gasteiger partial charge in [0.25, 0.3) is 6.71 Å². The van der Waals surface area contributed by atoms with Gasteiger partial charge in [0.1, 0.15) is 16.9 Å². The number of fused-ring (bicyclic) bond motifs is 9. The van der Waals surface area contributed by atoms with Crippen molar-refractivity contribution in [3.8, 4) is 5.75 Å². The molecule has 4 aliphatic rings. The Labute approximate surface area is 434 Å². The molecule has 9 aromatic rings. The van der Waals surface area contributed by atoms with Crippen molar-refractivity contribution in [3.05, 3.63) is 221 Å². The average Bonchev–Trinajstić information content (AvgIpc) is 3.91. The molecule has 1 saturated carbocycles. The molecule has 3 aliphatic heterocycles. The molecular formula is C67H65BN2O2S. The van der Waals surface area contributed by atoms with Gasteiger partial charge in [-0.25, -0.2) is 10.0 Å². The van der Waals surface area contributed by atoms with Gasteiger partial charge in [-0.05, 0) is 168 Å². The van der Waals surface area contributed by atoms with Crippen LogP contribution >= 0.6 is 10.0 Å². The fraction of sp³-hybridized carbons (Fsp3) is 0.254. The zero-order valence-corrected chi connectivity index (χ0v) is 44.7. The summed E-state index contributed by atoms with van der Waals surface area (Å²) in [6, 6.07) is 68.6. The zero-order valence-electron chi connectivity index (χ0n) is 43.8. The minimum Gasteiger partial charge on any atom is -0.486 e. The van der Waals surface area contributed by atoms with Crippen molar-refractivity contribution in [3.63, 3.8) is 0 Å². The molecule has 0 amide bonds. The van der Waals surface area contributed by atoms with Crippen molar-refractivity contribution in [2.75, 3.05) is 28.6 Å². The third kappa shape index (κ3) is 6.81. The highest BCUT2D eigenvalue weighted by Gasteiger charge is 2.60. The molecule has 6 heteroatoms. The summed E-state index contributed by atoms with van der Waals surface area (Å²) >= 11 is 0. The van der Waals surface area contributed by atoms with Crippen LogP contribution in [0.2, 0.25) is 0 Å². The summed E-state index contributed by atoms with van der Waals surface area (Å²) in [5, 5.41) is 1.15. The van der Waals surface area contributed by atoms with Crippen molar-refractivity contribution >= 4 is 78.4 Å². The van der Waals surface area contributed by atoms with E-state index in [1.807, 2.05) is 0 Å². The Morgan fingerprint density at radius 3 is 1.68 bits per heavy atom. The molecule has 8 aromatic carbocycles. The molecule has 0 N–H and O–H groups in total. The van der Waals surface area contributed by atoms with E-state index in [4.69, 9.17) is 9.15 Å². The highest BCUT2D eigenvalue weighted by atomic mass is 32.3. The van der Waals surface area contributed by atoms with E-state index in [0.717, 1.165) is 65.1 Å². The van der Waals surface area contributed by atoms with Gasteiger partial charge in [0.05, 0.1) is 16.8 Å². The van der Waals surface area contributed by atoms with Gasteiger partial charge in [-0.1, -0.05) is 149 Å². The first-order chi connectivity index (χ1) is 35.1. The topological polar surface area (TPSA) is 28.9 Å². The number of rotatable bonds is 8. The van der Waals surface area contributed by atoms with E-state index in [1.165, 1.54) is 71.8 Å². The molecule has 0 saturated heterocycles. The summed E-state index contributed by atoms with van der Waals surface area (Å²) in [7, 11) is -1.06. The Bertz CT molecular complexity index is 3620. The first-order valence-corrected chi connectivity index (χ1v) is 29.2. The fourth-order valence-corrected chi connectivity index (χ4v) is 14.5. The lowest BCUT2D eigenvalue weighted by atomic mass is 9.35. The first kappa shape index (κ1) is 45.9. The first-order valence-electron chi connectivity index (χ1n) is 26.3. The van der Waals surface area contributed by atoms with Crippen LogP contribution in [0.15, 0.2) is 191 Å². The molecule has 0 spiro atoms. The molecular weight excluding hydrogens is 908 g/mol. The van der Waals surface area contributed by atoms with Gasteiger partial charge in [-0.3, -0.25) is 0 Å². The van der Waals surface area contributed by atoms with Gasteiger partial charge in [-0.15, -0.1) is 0 Å². The summed E-state index contributed by atoms with van der Waals surface area (Å²) < 4.78 is 15.0. The number of furan rings is 1. The highest BCUT2D eigenvalue weighted by molar-refractivity contribution is 8.32. The third-order valence-corrected chi connectivity index (χ3v) is 19.4. The number of hydrogen-bond acceptors (Lipinski definition) is 4. The smallest absolute Gasteiger partial charge is 0.297 e. The number of ether oxygens (including phenoxy) is 1. The maximum absolute atomic E-state index is 7.51. The summed E-state index contributed by atoms with van der Waals surface area (Å²) in [6.07, 6.45) is 11.5. The quantitative estimate of drug-likeness (QED) is 0.142. The zero-order chi connectivity index (χ0) is 50.2. The van der Waals surface area contributed by atoms with E-state index in [-0.39, 0.29) is 23.0 Å². The van der Waals surface area contributed by atoms with Crippen LogP contribution in [0.1, 0.15) is 99.2 Å². The van der Waals surface area contributed by atoms with Crippen molar-refractivity contribution in [1.82, 2.24) is 0 Å². The van der Waals surface area contributed by atoms with Gasteiger partial charge >= 0.3 is 0 Å². The monoisotopic (exact) mass is 972 g/mol. The van der Waals surface area contributed by atoms with E-state index in [0.29, 0.717) is 0 Å². The van der Waals surface area contributed by atoms with Crippen LogP contribution in [0.4, 0.5) is 34.1 Å². The molecule has 0 radical (unpaired) electrons. The van der Waals surface area contributed by atoms with Gasteiger partial charge < -0.3 is 19.0 Å². The van der Waals surface area contributed by atoms with Crippen LogP contribution in [0.3, 0.4) is 0 Å². The fourth-order valence-electron chi connectivity index (χ4n) is 13.5. The lowest BCUT2D eigenvalue weighted by Crippen LogP contribution is -2.61. The van der Waals surface area contributed by atoms with Crippen molar-refractivity contribution in [2.24, 2.45) is 0 Å². The van der Waals surface area contributed by atoms with Crippen LogP contribution in [0.5, 0.6) is 5.75 Å². The predicted octanol–water partition coefficient (Wildman–Crippen LogP) is 15.5. The number of aryl methyl sites for hydroxylation is 1. The predicted molar refractivity (Wildman–Crippen MR) is 310 cm³/mol. The maximum Gasteiger partial charge on any atom is 0.297 e. The Kier molecular flexibility index (Phi) is 10.3. The van der Waals surface area contributed by atoms with E-state index < -0.39 is 15.6 Å². The standard InChI is InChI=1S/C67H65BN2O2S/c1-44-39-57-61-58(40-44)70(51-33-29-48(30-34-51)65(4,5)46-23-15-11-16-24-46)62-53-41-52(73(7,8)9)35-36-59(53)71-63(62)68(61)55-43-60-54(67(49-25-17-12-18-26-49)38-20-19-37-66(67,6)72-60)42-56(55)69(57)50-31-27-47(28-32-50)64(2,3)45-21-13-10-14-22-45/h10-18,21-36,39-43H,19-20,37-38H2,1-9H3. The van der Waals surface area contributed by atoms with Crippen LogP contribution in [0.25, 0.3) is 11.0 Å². The number of nitrogens with zero attached hydrogens (tertiary/aromatic N) is 2. The number of benzene rings is 8. The van der Waals surface area contributed by atoms with Crippen molar-refractivity contribution in [1.29, 1.82) is 0 Å². The second-order valence-electron chi connectivity index (χ2n) is 23.4. The molecule has 73 heavy (non-hydrogen) atoms. The second-order valence-corrected chi connectivity index (χ2v) is 27.6. The lowest BCUT2D eigenvalue weighted by molar-refractivity contribution is 0.0178. The van der Waals surface area contributed by atoms with E-state index >= 15 is 0 Å². The van der Waals surface area contributed by atoms with Gasteiger partial charge in [0, 0.05) is 50.2 Å². The Balaban J connectivity index is 1.08. The summed E-state index contributed by atoms with van der Waals surface area (Å²) in [4.78, 5) is 6.47. The minimum atomic E-state index is -1.06. The number of hydrogen-bond donors (Lipinski definition) is 0. The maximum atomic E-state index is 7.51. The van der Waals surface area contributed by atoms with Crippen molar-refractivity contribution in [2.45, 2.75) is 94.0 Å². The normalized spacial score (nSPS) is 19.2. The van der Waals surface area contributed by atoms with E-state index in [2.05, 4.69) is 252 Å². The van der Waals surface area contributed by atoms with Crippen molar-refractivity contribution < 1.29 is 9.15 Å². The summed E-state index contributed by atoms with van der Waals surface area (Å²) in [5.74, 6) is 0.999. The Morgan fingerprint density at radius 1 is 0.562 bits per heavy atom. The highest BCUT2D eigenvalue weighted by Crippen LogP contribution is 2.61. The molecule has 2 unspecified atom stereocenters. The molecule has 1 fully saturated rings.